The summed E-state index contributed by atoms with van der Waals surface area (Å²) in [5, 5.41) is 4.17. The molecule has 3 aromatic carbocycles. The van der Waals surface area contributed by atoms with Crippen LogP contribution < -0.4 is 20.9 Å². The summed E-state index contributed by atoms with van der Waals surface area (Å²) in [7, 11) is 0. The second kappa shape index (κ2) is 11.5. The van der Waals surface area contributed by atoms with Crippen molar-refractivity contribution in [1.82, 2.24) is 15.2 Å². The van der Waals surface area contributed by atoms with Gasteiger partial charge in [0.2, 0.25) is 5.91 Å². The molecule has 3 heterocycles. The minimum Gasteiger partial charge on any atom is -0.368 e. The predicted octanol–water partition coefficient (Wildman–Crippen LogP) is 4.67. The number of benzene rings is 3. The van der Waals surface area contributed by atoms with E-state index in [2.05, 4.69) is 15.2 Å². The van der Waals surface area contributed by atoms with E-state index in [1.165, 1.54) is 12.1 Å². The lowest BCUT2D eigenvalue weighted by Crippen LogP contribution is -2.57. The van der Waals surface area contributed by atoms with Gasteiger partial charge in [0.05, 0.1) is 0 Å². The third kappa shape index (κ3) is 5.20. The van der Waals surface area contributed by atoms with Crippen LogP contribution in [0.4, 0.5) is 20.6 Å². The average Bonchev–Trinajstić information content (AvgIpc) is 3.63. The van der Waals surface area contributed by atoms with Crippen LogP contribution >= 0.6 is 0 Å². The first-order valence-electron chi connectivity index (χ1n) is 14.6. The number of halogens is 1. The van der Waals surface area contributed by atoms with Gasteiger partial charge in [0.15, 0.2) is 0 Å². The van der Waals surface area contributed by atoms with Crippen molar-refractivity contribution in [3.05, 3.63) is 94.9 Å². The van der Waals surface area contributed by atoms with E-state index in [9.17, 15) is 14.0 Å². The highest BCUT2D eigenvalue weighted by molar-refractivity contribution is 6.02. The van der Waals surface area contributed by atoms with E-state index < -0.39 is 6.04 Å². The molecule has 4 N–H and O–H groups in total. The lowest BCUT2D eigenvalue weighted by Gasteiger charge is -2.38. The van der Waals surface area contributed by atoms with Gasteiger partial charge in [0.1, 0.15) is 11.9 Å². The highest BCUT2D eigenvalue weighted by Gasteiger charge is 2.37. The summed E-state index contributed by atoms with van der Waals surface area (Å²) in [5.74, 6) is -0.675. The molecule has 3 amide bonds. The summed E-state index contributed by atoms with van der Waals surface area (Å²) in [4.78, 5) is 37.1. The Morgan fingerprint density at radius 2 is 1.79 bits per heavy atom. The first-order chi connectivity index (χ1) is 20.3. The number of nitrogens with zero attached hydrogens (tertiary/aromatic N) is 3. The lowest BCUT2D eigenvalue weighted by atomic mass is 9.91. The summed E-state index contributed by atoms with van der Waals surface area (Å²) >= 11 is 0. The Hall–Kier alpha value is -4.37. The highest BCUT2D eigenvalue weighted by atomic mass is 19.1. The quantitative estimate of drug-likeness (QED) is 0.315. The number of fused-ring (bicyclic) bond motifs is 2. The summed E-state index contributed by atoms with van der Waals surface area (Å²) in [6.45, 7) is 7.09. The molecule has 0 bridgehead atoms. The molecule has 218 valence electrons. The highest BCUT2D eigenvalue weighted by Crippen LogP contribution is 2.33. The molecule has 2 aliphatic rings. The molecule has 0 aliphatic carbocycles. The smallest absolute Gasteiger partial charge is 0.318 e. The molecule has 0 radical (unpaired) electrons. The summed E-state index contributed by atoms with van der Waals surface area (Å²) in [6.07, 6.45) is 2.70. The molecular formula is C33H37FN6O2. The van der Waals surface area contributed by atoms with Gasteiger partial charge in [0, 0.05) is 73.7 Å². The number of urea groups is 1. The van der Waals surface area contributed by atoms with Gasteiger partial charge in [-0.1, -0.05) is 37.3 Å². The van der Waals surface area contributed by atoms with Gasteiger partial charge in [-0.3, -0.25) is 4.79 Å². The standard InChI is InChI=1S/C33H37FN6O2/c1-21-17-25(34)9-10-29(21)38-13-15-39(16-14-38)33(42)37-31(22(2)27-20-36-28-6-4-3-5-26(27)28)32(41)40-12-11-24-8-7-23(19-35)18-30(24)40/h3-10,17-18,20,22,31,36H,11-16,19,35H2,1-2H3,(H,37,42)/t22-,31+/m0/s1. The maximum Gasteiger partial charge on any atom is 0.318 e. The number of aromatic nitrogens is 1. The minimum atomic E-state index is -0.776. The molecule has 2 aliphatic heterocycles. The fourth-order valence-corrected chi connectivity index (χ4v) is 6.35. The number of nitrogens with one attached hydrogen (secondary N) is 2. The van der Waals surface area contributed by atoms with Gasteiger partial charge in [-0.25, -0.2) is 9.18 Å². The van der Waals surface area contributed by atoms with Gasteiger partial charge in [0.25, 0.3) is 0 Å². The maximum absolute atomic E-state index is 14.3. The van der Waals surface area contributed by atoms with E-state index in [0.717, 1.165) is 51.0 Å². The SMILES string of the molecule is Cc1cc(F)ccc1N1CCN(C(=O)N[C@@H](C(=O)N2CCc3ccc(CN)cc32)[C@@H](C)c2c[nH]c3ccccc23)CC1. The van der Waals surface area contributed by atoms with Crippen LogP contribution in [0.3, 0.4) is 0 Å². The zero-order valence-electron chi connectivity index (χ0n) is 24.1. The van der Waals surface area contributed by atoms with Crippen LogP contribution in [0.1, 0.15) is 35.1 Å². The zero-order valence-corrected chi connectivity index (χ0v) is 24.1. The first-order valence-corrected chi connectivity index (χ1v) is 14.6. The van der Waals surface area contributed by atoms with Gasteiger partial charge in [-0.05, 0) is 65.9 Å². The van der Waals surface area contributed by atoms with E-state index in [1.54, 1.807) is 15.9 Å². The van der Waals surface area contributed by atoms with Gasteiger partial charge >= 0.3 is 6.03 Å². The second-order valence-corrected chi connectivity index (χ2v) is 11.3. The number of hydrogen-bond donors (Lipinski definition) is 3. The van der Waals surface area contributed by atoms with Crippen LogP contribution in [-0.2, 0) is 17.8 Å². The number of carbonyl (C=O) groups excluding carboxylic acids is 2. The number of hydrogen-bond acceptors (Lipinski definition) is 4. The van der Waals surface area contributed by atoms with E-state index >= 15 is 0 Å². The van der Waals surface area contributed by atoms with Crippen molar-refractivity contribution in [2.75, 3.05) is 42.5 Å². The molecule has 0 spiro atoms. The van der Waals surface area contributed by atoms with Gasteiger partial charge in [-0.2, -0.15) is 0 Å². The van der Waals surface area contributed by atoms with Crippen molar-refractivity contribution in [1.29, 1.82) is 0 Å². The maximum atomic E-state index is 14.3. The number of H-pyrrole nitrogens is 1. The molecule has 4 aromatic rings. The number of piperazine rings is 1. The van der Waals surface area contributed by atoms with E-state index in [1.807, 2.05) is 62.5 Å². The van der Waals surface area contributed by atoms with Crippen molar-refractivity contribution < 1.29 is 14.0 Å². The fourth-order valence-electron chi connectivity index (χ4n) is 6.35. The number of aromatic amines is 1. The third-order valence-electron chi connectivity index (χ3n) is 8.77. The third-order valence-corrected chi connectivity index (χ3v) is 8.77. The molecule has 1 aromatic heterocycles. The van der Waals surface area contributed by atoms with Crippen LogP contribution in [0.15, 0.2) is 66.9 Å². The lowest BCUT2D eigenvalue weighted by molar-refractivity contribution is -0.120. The van der Waals surface area contributed by atoms with Crippen LogP contribution in [0.25, 0.3) is 10.9 Å². The molecule has 8 nitrogen and oxygen atoms in total. The van der Waals surface area contributed by atoms with E-state index in [4.69, 9.17) is 5.73 Å². The monoisotopic (exact) mass is 568 g/mol. The summed E-state index contributed by atoms with van der Waals surface area (Å²) in [5.41, 5.74) is 12.7. The molecule has 6 rings (SSSR count). The van der Waals surface area contributed by atoms with Crippen molar-refractivity contribution in [2.45, 2.75) is 38.8 Å². The van der Waals surface area contributed by atoms with E-state index in [-0.39, 0.29) is 23.7 Å². The van der Waals surface area contributed by atoms with Gasteiger partial charge in [-0.15, -0.1) is 0 Å². The van der Waals surface area contributed by atoms with Crippen molar-refractivity contribution >= 4 is 34.2 Å². The zero-order chi connectivity index (χ0) is 29.4. The molecule has 0 saturated carbocycles. The Morgan fingerprint density at radius 1 is 1.00 bits per heavy atom. The number of nitrogens with two attached hydrogens (primary N) is 1. The molecule has 0 unspecified atom stereocenters. The van der Waals surface area contributed by atoms with E-state index in [0.29, 0.717) is 39.3 Å². The Balaban J connectivity index is 1.24. The Labute approximate surface area is 245 Å². The Kier molecular flexibility index (Phi) is 7.60. The fraction of sp³-hybridized carbons (Fsp3) is 0.333. The molecular weight excluding hydrogens is 531 g/mol. The number of rotatable bonds is 6. The van der Waals surface area contributed by atoms with Crippen LogP contribution in [0, 0.1) is 12.7 Å². The van der Waals surface area contributed by atoms with Crippen LogP contribution in [0.2, 0.25) is 0 Å². The number of amides is 3. The number of carbonyl (C=O) groups is 2. The largest absolute Gasteiger partial charge is 0.368 e. The Morgan fingerprint density at radius 3 is 2.55 bits per heavy atom. The van der Waals surface area contributed by atoms with Crippen LogP contribution in [-0.4, -0.2) is 60.6 Å². The van der Waals surface area contributed by atoms with Crippen LogP contribution in [0.5, 0.6) is 0 Å². The minimum absolute atomic E-state index is 0.130. The number of para-hydroxylation sites is 1. The molecule has 2 atom stereocenters. The van der Waals surface area contributed by atoms with Crippen molar-refractivity contribution in [3.63, 3.8) is 0 Å². The summed E-state index contributed by atoms with van der Waals surface area (Å²) < 4.78 is 13.6. The topological polar surface area (TPSA) is 97.7 Å². The molecule has 1 saturated heterocycles. The first kappa shape index (κ1) is 27.8. The van der Waals surface area contributed by atoms with Crippen molar-refractivity contribution in [3.8, 4) is 0 Å². The average molecular weight is 569 g/mol. The number of aryl methyl sites for hydroxylation is 1. The number of anilines is 2. The van der Waals surface area contributed by atoms with Crippen molar-refractivity contribution in [2.24, 2.45) is 5.73 Å². The van der Waals surface area contributed by atoms with Gasteiger partial charge < -0.3 is 30.7 Å². The molecule has 1 fully saturated rings. The summed E-state index contributed by atoms with van der Waals surface area (Å²) in [6, 6.07) is 17.8. The normalized spacial score (nSPS) is 16.4. The Bertz CT molecular complexity index is 1630. The predicted molar refractivity (Wildman–Crippen MR) is 164 cm³/mol. The molecule has 9 heteroatoms. The molecule has 42 heavy (non-hydrogen) atoms. The second-order valence-electron chi connectivity index (χ2n) is 11.3.